The van der Waals surface area contributed by atoms with Crippen molar-refractivity contribution in [2.75, 3.05) is 13.1 Å². The van der Waals surface area contributed by atoms with Gasteiger partial charge in [0.2, 0.25) is 0 Å². The van der Waals surface area contributed by atoms with E-state index in [0.29, 0.717) is 11.8 Å². The van der Waals surface area contributed by atoms with Crippen LogP contribution in [0.1, 0.15) is 74.8 Å². The molecule has 1 saturated heterocycles. The number of allylic oxidation sites excluding steroid dienone is 2. The lowest BCUT2D eigenvalue weighted by atomic mass is 9.63. The SMILES string of the molecule is C(=C1/CCC[C@H]2[C@@H](c3ccccc3)C3=C(CCCC3)O[C@]12[NH+]1CCCC1)/c1ccccc1. The first kappa shape index (κ1) is 20.3. The molecule has 0 bridgehead atoms. The zero-order chi connectivity index (χ0) is 21.4. The maximum Gasteiger partial charge on any atom is 0.267 e. The van der Waals surface area contributed by atoms with Gasteiger partial charge in [-0.25, -0.2) is 0 Å². The number of fused-ring (bicyclic) bond motifs is 1. The maximum atomic E-state index is 7.38. The highest BCUT2D eigenvalue weighted by Crippen LogP contribution is 2.55. The summed E-state index contributed by atoms with van der Waals surface area (Å²) in [5.41, 5.74) is 5.82. The minimum absolute atomic E-state index is 0.193. The third-order valence-corrected chi connectivity index (χ3v) is 8.51. The third-order valence-electron chi connectivity index (χ3n) is 8.51. The summed E-state index contributed by atoms with van der Waals surface area (Å²) >= 11 is 0. The molecule has 3 atom stereocenters. The summed E-state index contributed by atoms with van der Waals surface area (Å²) in [5.74, 6) is 2.38. The zero-order valence-electron chi connectivity index (χ0n) is 19.2. The Labute approximate surface area is 193 Å². The predicted octanol–water partition coefficient (Wildman–Crippen LogP) is 5.89. The van der Waals surface area contributed by atoms with E-state index in [2.05, 4.69) is 66.7 Å². The van der Waals surface area contributed by atoms with Crippen molar-refractivity contribution >= 4 is 6.08 Å². The van der Waals surface area contributed by atoms with E-state index in [0.717, 1.165) is 6.42 Å². The molecule has 0 aromatic heterocycles. The fraction of sp³-hybridized carbons (Fsp3) is 0.467. The van der Waals surface area contributed by atoms with Crippen LogP contribution < -0.4 is 4.90 Å². The Balaban J connectivity index is 1.55. The van der Waals surface area contributed by atoms with Gasteiger partial charge in [-0.2, -0.15) is 0 Å². The van der Waals surface area contributed by atoms with E-state index >= 15 is 0 Å². The zero-order valence-corrected chi connectivity index (χ0v) is 19.2. The Morgan fingerprint density at radius 2 is 1.50 bits per heavy atom. The Hall–Kier alpha value is -2.32. The molecule has 2 fully saturated rings. The Morgan fingerprint density at radius 1 is 0.781 bits per heavy atom. The molecular formula is C30H36NO+. The highest BCUT2D eigenvalue weighted by atomic mass is 16.5. The number of rotatable bonds is 3. The van der Waals surface area contributed by atoms with E-state index in [9.17, 15) is 0 Å². The lowest BCUT2D eigenvalue weighted by Crippen LogP contribution is -3.20. The third kappa shape index (κ3) is 3.35. The van der Waals surface area contributed by atoms with Gasteiger partial charge in [-0.15, -0.1) is 0 Å². The van der Waals surface area contributed by atoms with Gasteiger partial charge in [-0.1, -0.05) is 60.7 Å². The van der Waals surface area contributed by atoms with Gasteiger partial charge in [-0.05, 0) is 61.3 Å². The van der Waals surface area contributed by atoms with Crippen molar-refractivity contribution in [1.82, 2.24) is 0 Å². The number of hydrogen-bond donors (Lipinski definition) is 1. The minimum atomic E-state index is -0.193. The predicted molar refractivity (Wildman–Crippen MR) is 130 cm³/mol. The largest absolute Gasteiger partial charge is 0.441 e. The average Bonchev–Trinajstić information content (AvgIpc) is 3.40. The van der Waals surface area contributed by atoms with Crippen molar-refractivity contribution in [2.24, 2.45) is 5.92 Å². The molecule has 2 nitrogen and oxygen atoms in total. The molecule has 0 radical (unpaired) electrons. The summed E-state index contributed by atoms with van der Waals surface area (Å²) in [6, 6.07) is 22.4. The Bertz CT molecular complexity index is 1000. The summed E-state index contributed by atoms with van der Waals surface area (Å²) in [7, 11) is 0. The molecule has 2 aromatic carbocycles. The first-order valence-electron chi connectivity index (χ1n) is 12.9. The molecule has 1 N–H and O–H groups in total. The Morgan fingerprint density at radius 3 is 2.28 bits per heavy atom. The molecule has 32 heavy (non-hydrogen) atoms. The molecular weight excluding hydrogens is 390 g/mol. The summed E-state index contributed by atoms with van der Waals surface area (Å²) in [6.07, 6.45) is 13.8. The minimum Gasteiger partial charge on any atom is -0.441 e. The van der Waals surface area contributed by atoms with Crippen molar-refractivity contribution < 1.29 is 9.64 Å². The second-order valence-electron chi connectivity index (χ2n) is 10.3. The number of quaternary nitrogens is 1. The van der Waals surface area contributed by atoms with Gasteiger partial charge in [0.1, 0.15) is 5.76 Å². The van der Waals surface area contributed by atoms with Crippen molar-refractivity contribution in [2.45, 2.75) is 69.4 Å². The fourth-order valence-corrected chi connectivity index (χ4v) is 7.22. The molecule has 1 saturated carbocycles. The van der Waals surface area contributed by atoms with Crippen LogP contribution >= 0.6 is 0 Å². The molecule has 2 aliphatic carbocycles. The van der Waals surface area contributed by atoms with Gasteiger partial charge in [0.25, 0.3) is 5.72 Å². The van der Waals surface area contributed by atoms with Crippen LogP contribution in [0.3, 0.4) is 0 Å². The number of hydrogen-bond acceptors (Lipinski definition) is 1. The average molecular weight is 427 g/mol. The first-order valence-corrected chi connectivity index (χ1v) is 12.9. The lowest BCUT2D eigenvalue weighted by Gasteiger charge is -2.54. The van der Waals surface area contributed by atoms with Gasteiger partial charge in [0.05, 0.1) is 19.0 Å². The van der Waals surface area contributed by atoms with Crippen molar-refractivity contribution in [3.8, 4) is 0 Å². The summed E-state index contributed by atoms with van der Waals surface area (Å²) in [4.78, 5) is 1.70. The molecule has 0 unspecified atom stereocenters. The molecule has 2 aromatic rings. The van der Waals surface area contributed by atoms with Gasteiger partial charge >= 0.3 is 0 Å². The molecule has 6 rings (SSSR count). The van der Waals surface area contributed by atoms with Gasteiger partial charge in [0.15, 0.2) is 0 Å². The number of benzene rings is 2. The number of ether oxygens (including phenoxy) is 1. The molecule has 2 heterocycles. The normalized spacial score (nSPS) is 31.8. The van der Waals surface area contributed by atoms with Crippen LogP contribution in [0.15, 0.2) is 77.6 Å². The maximum absolute atomic E-state index is 7.38. The van der Waals surface area contributed by atoms with E-state index in [1.807, 2.05) is 0 Å². The van der Waals surface area contributed by atoms with Gasteiger partial charge < -0.3 is 4.74 Å². The van der Waals surface area contributed by atoms with Gasteiger partial charge in [-0.3, -0.25) is 4.90 Å². The van der Waals surface area contributed by atoms with Crippen molar-refractivity contribution in [3.05, 3.63) is 88.7 Å². The van der Waals surface area contributed by atoms with E-state index in [1.54, 1.807) is 16.0 Å². The highest BCUT2D eigenvalue weighted by molar-refractivity contribution is 5.56. The van der Waals surface area contributed by atoms with Crippen LogP contribution in [0.25, 0.3) is 6.08 Å². The van der Waals surface area contributed by atoms with Crippen LogP contribution in [-0.4, -0.2) is 18.8 Å². The first-order chi connectivity index (χ1) is 15.9. The van der Waals surface area contributed by atoms with Gasteiger partial charge in [0, 0.05) is 30.8 Å². The summed E-state index contributed by atoms with van der Waals surface area (Å²) in [6.45, 7) is 2.49. The van der Waals surface area contributed by atoms with Crippen LogP contribution in [0, 0.1) is 5.92 Å². The molecule has 2 heteroatoms. The topological polar surface area (TPSA) is 13.7 Å². The lowest BCUT2D eigenvalue weighted by molar-refractivity contribution is -0.967. The smallest absolute Gasteiger partial charge is 0.267 e. The number of nitrogens with one attached hydrogen (secondary N) is 1. The molecule has 166 valence electrons. The van der Waals surface area contributed by atoms with E-state index < -0.39 is 0 Å². The molecule has 2 aliphatic heterocycles. The second kappa shape index (κ2) is 8.56. The standard InChI is InChI=1S/C30H35NO/c1-3-12-23(13-4-1)22-25-16-11-18-27-29(24-14-5-2-6-15-24)26-17-7-8-19-28(26)32-30(25,27)31-20-9-10-21-31/h1-6,12-15,22,27,29H,7-11,16-21H2/p+1/b25-22+/t27-,29-,30+/m0/s1. The van der Waals surface area contributed by atoms with E-state index in [-0.39, 0.29) is 5.72 Å². The quantitative estimate of drug-likeness (QED) is 0.646. The monoisotopic (exact) mass is 426 g/mol. The highest BCUT2D eigenvalue weighted by Gasteiger charge is 2.61. The molecule has 0 spiro atoms. The second-order valence-corrected chi connectivity index (χ2v) is 10.3. The van der Waals surface area contributed by atoms with E-state index in [4.69, 9.17) is 4.74 Å². The van der Waals surface area contributed by atoms with Crippen LogP contribution in [-0.2, 0) is 4.74 Å². The van der Waals surface area contributed by atoms with Crippen LogP contribution in [0.5, 0.6) is 0 Å². The molecule has 0 amide bonds. The summed E-state index contributed by atoms with van der Waals surface area (Å²) < 4.78 is 7.38. The van der Waals surface area contributed by atoms with E-state index in [1.165, 1.54) is 81.3 Å². The van der Waals surface area contributed by atoms with Crippen molar-refractivity contribution in [3.63, 3.8) is 0 Å². The molecule has 4 aliphatic rings. The van der Waals surface area contributed by atoms with Crippen LogP contribution in [0.4, 0.5) is 0 Å². The fourth-order valence-electron chi connectivity index (χ4n) is 7.22. The number of likely N-dealkylation sites (tertiary alicyclic amines) is 1. The Kier molecular flexibility index (Phi) is 5.43. The summed E-state index contributed by atoms with van der Waals surface area (Å²) in [5, 5.41) is 0. The van der Waals surface area contributed by atoms with Crippen molar-refractivity contribution in [1.29, 1.82) is 0 Å². The van der Waals surface area contributed by atoms with Crippen LogP contribution in [0.2, 0.25) is 0 Å².